The maximum absolute atomic E-state index is 11.1. The summed E-state index contributed by atoms with van der Waals surface area (Å²) in [6.07, 6.45) is 2.82. The molecule has 0 amide bonds. The lowest BCUT2D eigenvalue weighted by Crippen LogP contribution is -1.97. The molecule has 0 unspecified atom stereocenters. The van der Waals surface area contributed by atoms with Crippen molar-refractivity contribution in [2.45, 2.75) is 0 Å². The number of halogens is 1. The Morgan fingerprint density at radius 3 is 2.94 bits per heavy atom. The van der Waals surface area contributed by atoms with Gasteiger partial charge in [0.1, 0.15) is 5.82 Å². The van der Waals surface area contributed by atoms with Crippen molar-refractivity contribution >= 4 is 28.7 Å². The Morgan fingerprint density at radius 2 is 2.28 bits per heavy atom. The number of H-pyrrole nitrogens is 1. The molecule has 0 atom stereocenters. The molecule has 90 valence electrons. The molecule has 7 heteroatoms. The second-order valence-corrected chi connectivity index (χ2v) is 3.90. The van der Waals surface area contributed by atoms with Gasteiger partial charge in [0.15, 0.2) is 5.65 Å². The smallest absolute Gasteiger partial charge is 0.338 e. The topological polar surface area (TPSA) is 92.0 Å². The van der Waals surface area contributed by atoms with Gasteiger partial charge in [-0.3, -0.25) is 0 Å². The van der Waals surface area contributed by atoms with Crippen LogP contribution in [-0.4, -0.2) is 26.0 Å². The van der Waals surface area contributed by atoms with Gasteiger partial charge in [0.2, 0.25) is 5.22 Å². The highest BCUT2D eigenvalue weighted by Crippen LogP contribution is 2.28. The molecule has 3 aromatic rings. The summed E-state index contributed by atoms with van der Waals surface area (Å²) in [5.41, 5.74) is 1.35. The number of imidazole rings is 1. The van der Waals surface area contributed by atoms with E-state index in [1.165, 1.54) is 18.5 Å². The number of hydrogen-bond donors (Lipinski definition) is 2. The second-order valence-electron chi connectivity index (χ2n) is 3.56. The lowest BCUT2D eigenvalue weighted by atomic mass is 10.2. The zero-order valence-electron chi connectivity index (χ0n) is 8.85. The van der Waals surface area contributed by atoms with Gasteiger partial charge in [-0.25, -0.2) is 14.8 Å². The summed E-state index contributed by atoms with van der Waals surface area (Å²) >= 11 is 5.84. The fraction of sp³-hybridized carbons (Fsp3) is 0. The van der Waals surface area contributed by atoms with E-state index in [0.29, 0.717) is 22.6 Å². The summed E-state index contributed by atoms with van der Waals surface area (Å²) in [6.45, 7) is 0. The molecule has 3 aromatic heterocycles. The Balaban J connectivity index is 2.26. The van der Waals surface area contributed by atoms with Crippen molar-refractivity contribution in [2.24, 2.45) is 0 Å². The summed E-state index contributed by atoms with van der Waals surface area (Å²) in [5.74, 6) is -0.624. The minimum atomic E-state index is -1.05. The van der Waals surface area contributed by atoms with Crippen LogP contribution in [0.2, 0.25) is 5.22 Å². The van der Waals surface area contributed by atoms with Gasteiger partial charge in [-0.15, -0.1) is 0 Å². The number of aromatic amines is 1. The van der Waals surface area contributed by atoms with Crippen LogP contribution < -0.4 is 0 Å². The van der Waals surface area contributed by atoms with Crippen molar-refractivity contribution in [3.8, 4) is 11.4 Å². The van der Waals surface area contributed by atoms with Crippen LogP contribution in [0.25, 0.3) is 22.6 Å². The van der Waals surface area contributed by atoms with Crippen molar-refractivity contribution in [2.75, 3.05) is 0 Å². The van der Waals surface area contributed by atoms with Crippen molar-refractivity contribution in [3.63, 3.8) is 0 Å². The van der Waals surface area contributed by atoms with Gasteiger partial charge in [0.05, 0.1) is 22.9 Å². The van der Waals surface area contributed by atoms with E-state index in [9.17, 15) is 4.79 Å². The van der Waals surface area contributed by atoms with Gasteiger partial charge >= 0.3 is 5.97 Å². The molecule has 3 heterocycles. The fourth-order valence-electron chi connectivity index (χ4n) is 1.68. The van der Waals surface area contributed by atoms with E-state index < -0.39 is 5.97 Å². The Kier molecular flexibility index (Phi) is 2.31. The predicted molar refractivity (Wildman–Crippen MR) is 63.6 cm³/mol. The number of pyridine rings is 1. The van der Waals surface area contributed by atoms with Crippen LogP contribution in [0.5, 0.6) is 0 Å². The third-order valence-corrected chi connectivity index (χ3v) is 2.79. The van der Waals surface area contributed by atoms with E-state index >= 15 is 0 Å². The molecule has 3 rings (SSSR count). The van der Waals surface area contributed by atoms with Gasteiger partial charge in [-0.2, -0.15) is 0 Å². The van der Waals surface area contributed by atoms with Crippen LogP contribution in [0.15, 0.2) is 29.0 Å². The summed E-state index contributed by atoms with van der Waals surface area (Å²) in [7, 11) is 0. The molecule has 18 heavy (non-hydrogen) atoms. The van der Waals surface area contributed by atoms with E-state index in [4.69, 9.17) is 21.1 Å². The van der Waals surface area contributed by atoms with E-state index in [2.05, 4.69) is 15.0 Å². The molecule has 0 aliphatic heterocycles. The van der Waals surface area contributed by atoms with Crippen LogP contribution in [0, 0.1) is 0 Å². The number of carboxylic acid groups (broad SMARTS) is 1. The number of fused-ring (bicyclic) bond motifs is 1. The maximum atomic E-state index is 11.1. The Morgan fingerprint density at radius 1 is 1.44 bits per heavy atom. The number of aromatic nitrogens is 3. The highest BCUT2D eigenvalue weighted by atomic mass is 35.5. The SMILES string of the molecule is O=C(O)c1ccnc2nc(-c3ccoc3Cl)[nH]c12. The first-order valence-corrected chi connectivity index (χ1v) is 5.36. The quantitative estimate of drug-likeness (QED) is 0.741. The zero-order valence-corrected chi connectivity index (χ0v) is 9.60. The molecule has 2 N–H and O–H groups in total. The predicted octanol–water partition coefficient (Wildman–Crippen LogP) is 2.57. The molecule has 0 bridgehead atoms. The number of hydrogen-bond acceptors (Lipinski definition) is 4. The van der Waals surface area contributed by atoms with Crippen LogP contribution in [-0.2, 0) is 0 Å². The third-order valence-electron chi connectivity index (χ3n) is 2.50. The third kappa shape index (κ3) is 1.54. The van der Waals surface area contributed by atoms with Crippen molar-refractivity contribution in [3.05, 3.63) is 35.4 Å². The number of furan rings is 1. The van der Waals surface area contributed by atoms with Crippen LogP contribution in [0.3, 0.4) is 0 Å². The van der Waals surface area contributed by atoms with E-state index in [1.807, 2.05) is 0 Å². The van der Waals surface area contributed by atoms with Crippen molar-refractivity contribution in [1.82, 2.24) is 15.0 Å². The first-order chi connectivity index (χ1) is 8.66. The standard InChI is InChI=1S/C11H6ClN3O3/c12-8-6(2-4-18-8)9-14-7-5(11(16)17)1-3-13-10(7)15-9/h1-4H,(H,16,17)(H,13,14,15). The molecule has 6 nitrogen and oxygen atoms in total. The molecule has 0 aliphatic rings. The first-order valence-electron chi connectivity index (χ1n) is 4.98. The van der Waals surface area contributed by atoms with Crippen molar-refractivity contribution in [1.29, 1.82) is 0 Å². The van der Waals surface area contributed by atoms with Gasteiger partial charge in [0, 0.05) is 6.20 Å². The van der Waals surface area contributed by atoms with Gasteiger partial charge in [-0.1, -0.05) is 0 Å². The molecule has 0 fully saturated rings. The number of carboxylic acids is 1. The largest absolute Gasteiger partial charge is 0.478 e. The highest BCUT2D eigenvalue weighted by Gasteiger charge is 2.16. The Bertz CT molecular complexity index is 747. The second kappa shape index (κ2) is 3.85. The normalized spacial score (nSPS) is 10.9. The maximum Gasteiger partial charge on any atom is 0.338 e. The molecule has 0 radical (unpaired) electrons. The van der Waals surface area contributed by atoms with Crippen LogP contribution in [0.1, 0.15) is 10.4 Å². The summed E-state index contributed by atoms with van der Waals surface area (Å²) < 4.78 is 4.96. The molecule has 0 aliphatic carbocycles. The lowest BCUT2D eigenvalue weighted by molar-refractivity contribution is 0.0699. The molecule has 0 saturated carbocycles. The first kappa shape index (κ1) is 10.8. The fourth-order valence-corrected chi connectivity index (χ4v) is 1.88. The van der Waals surface area contributed by atoms with Crippen molar-refractivity contribution < 1.29 is 14.3 Å². The van der Waals surface area contributed by atoms with Crippen LogP contribution >= 0.6 is 11.6 Å². The molecular formula is C11H6ClN3O3. The Labute approximate surface area is 105 Å². The van der Waals surface area contributed by atoms with Crippen LogP contribution in [0.4, 0.5) is 0 Å². The summed E-state index contributed by atoms with van der Waals surface area (Å²) in [4.78, 5) is 22.1. The van der Waals surface area contributed by atoms with E-state index in [1.54, 1.807) is 6.07 Å². The number of nitrogens with one attached hydrogen (secondary N) is 1. The average molecular weight is 264 g/mol. The number of nitrogens with zero attached hydrogens (tertiary/aromatic N) is 2. The summed E-state index contributed by atoms with van der Waals surface area (Å²) in [5, 5.41) is 9.24. The average Bonchev–Trinajstić information content (AvgIpc) is 2.92. The molecule has 0 saturated heterocycles. The van der Waals surface area contributed by atoms with Gasteiger partial charge in [0.25, 0.3) is 0 Å². The monoisotopic (exact) mass is 263 g/mol. The number of aromatic carboxylic acids is 1. The van der Waals surface area contributed by atoms with Gasteiger partial charge < -0.3 is 14.5 Å². The van der Waals surface area contributed by atoms with E-state index in [-0.39, 0.29) is 10.8 Å². The number of carbonyl (C=O) groups is 1. The molecule has 0 aromatic carbocycles. The van der Waals surface area contributed by atoms with E-state index in [0.717, 1.165) is 0 Å². The lowest BCUT2D eigenvalue weighted by Gasteiger charge is -1.93. The minimum Gasteiger partial charge on any atom is -0.478 e. The zero-order chi connectivity index (χ0) is 12.7. The Hall–Kier alpha value is -2.34. The number of rotatable bonds is 2. The molecular weight excluding hydrogens is 258 g/mol. The highest BCUT2D eigenvalue weighted by molar-refractivity contribution is 6.31. The molecule has 0 spiro atoms. The van der Waals surface area contributed by atoms with Gasteiger partial charge in [-0.05, 0) is 23.7 Å². The minimum absolute atomic E-state index is 0.110. The summed E-state index contributed by atoms with van der Waals surface area (Å²) in [6, 6.07) is 3.05.